The largest absolute Gasteiger partial charge is 0.374 e. The first-order valence-corrected chi connectivity index (χ1v) is 6.11. The lowest BCUT2D eigenvalue weighted by Gasteiger charge is -2.24. The molecule has 0 aliphatic carbocycles. The number of anilines is 1. The van der Waals surface area contributed by atoms with Crippen molar-refractivity contribution in [2.75, 3.05) is 25.0 Å². The van der Waals surface area contributed by atoms with Gasteiger partial charge in [-0.1, -0.05) is 43.3 Å². The lowest BCUT2D eigenvalue weighted by molar-refractivity contribution is 0.591. The molecule has 0 spiro atoms. The third kappa shape index (κ3) is 2.59. The molecule has 0 heterocycles. The summed E-state index contributed by atoms with van der Waals surface area (Å²) in [6, 6.07) is 14.9. The highest BCUT2D eigenvalue weighted by atomic mass is 15.1. The second-order valence-corrected chi connectivity index (χ2v) is 4.72. The first-order valence-electron chi connectivity index (χ1n) is 6.11. The predicted octanol–water partition coefficient (Wildman–Crippen LogP) is 2.87. The smallest absolute Gasteiger partial charge is 0.0443 e. The van der Waals surface area contributed by atoms with E-state index in [0.717, 1.165) is 13.1 Å². The van der Waals surface area contributed by atoms with Crippen LogP contribution in [0.2, 0.25) is 0 Å². The molecule has 0 aromatic heterocycles. The van der Waals surface area contributed by atoms with Gasteiger partial charge in [0.15, 0.2) is 0 Å². The Bertz CT molecular complexity index is 488. The van der Waals surface area contributed by atoms with Crippen LogP contribution in [0.25, 0.3) is 10.8 Å². The summed E-state index contributed by atoms with van der Waals surface area (Å²) in [5.74, 6) is 0.513. The molecule has 2 nitrogen and oxygen atoms in total. The highest BCUT2D eigenvalue weighted by Crippen LogP contribution is 2.26. The summed E-state index contributed by atoms with van der Waals surface area (Å²) in [7, 11) is 2.13. The number of hydrogen-bond donors (Lipinski definition) is 1. The predicted molar refractivity (Wildman–Crippen MR) is 75.4 cm³/mol. The van der Waals surface area contributed by atoms with Gasteiger partial charge in [-0.3, -0.25) is 0 Å². The van der Waals surface area contributed by atoms with Crippen LogP contribution in [0.5, 0.6) is 0 Å². The van der Waals surface area contributed by atoms with E-state index in [4.69, 9.17) is 5.73 Å². The normalized spacial score (nSPS) is 12.6. The molecule has 2 heteroatoms. The van der Waals surface area contributed by atoms with Gasteiger partial charge >= 0.3 is 0 Å². The van der Waals surface area contributed by atoms with Crippen molar-refractivity contribution in [1.29, 1.82) is 0 Å². The Hall–Kier alpha value is -1.54. The van der Waals surface area contributed by atoms with Crippen molar-refractivity contribution in [1.82, 2.24) is 0 Å². The molecule has 0 fully saturated rings. The van der Waals surface area contributed by atoms with E-state index in [1.807, 2.05) is 0 Å². The maximum absolute atomic E-state index is 5.68. The maximum Gasteiger partial charge on any atom is 0.0443 e. The molecule has 0 saturated heterocycles. The van der Waals surface area contributed by atoms with E-state index in [0.29, 0.717) is 5.92 Å². The van der Waals surface area contributed by atoms with Gasteiger partial charge < -0.3 is 10.6 Å². The van der Waals surface area contributed by atoms with Crippen LogP contribution in [0.3, 0.4) is 0 Å². The van der Waals surface area contributed by atoms with Crippen molar-refractivity contribution < 1.29 is 0 Å². The average Bonchev–Trinajstić information content (AvgIpc) is 2.37. The summed E-state index contributed by atoms with van der Waals surface area (Å²) < 4.78 is 0. The molecule has 1 unspecified atom stereocenters. The zero-order valence-electron chi connectivity index (χ0n) is 10.6. The fourth-order valence-electron chi connectivity index (χ4n) is 2.18. The Morgan fingerprint density at radius 3 is 2.59 bits per heavy atom. The van der Waals surface area contributed by atoms with Crippen LogP contribution < -0.4 is 10.6 Å². The minimum atomic E-state index is 0.513. The molecule has 2 rings (SSSR count). The van der Waals surface area contributed by atoms with Crippen LogP contribution in [0, 0.1) is 5.92 Å². The van der Waals surface area contributed by atoms with Gasteiger partial charge in [0.05, 0.1) is 0 Å². The Morgan fingerprint density at radius 2 is 1.82 bits per heavy atom. The van der Waals surface area contributed by atoms with Gasteiger partial charge in [-0.05, 0) is 23.9 Å². The van der Waals surface area contributed by atoms with E-state index in [-0.39, 0.29) is 0 Å². The standard InChI is InChI=1S/C15H20N2/c1-12(10-16)11-17(2)15-9-5-7-13-6-3-4-8-14(13)15/h3-9,12H,10-11,16H2,1-2H3. The molecular weight excluding hydrogens is 208 g/mol. The highest BCUT2D eigenvalue weighted by Gasteiger charge is 2.08. The van der Waals surface area contributed by atoms with Gasteiger partial charge in [-0.2, -0.15) is 0 Å². The highest BCUT2D eigenvalue weighted by molar-refractivity contribution is 5.94. The number of benzene rings is 2. The minimum Gasteiger partial charge on any atom is -0.374 e. The van der Waals surface area contributed by atoms with E-state index in [2.05, 4.69) is 61.3 Å². The van der Waals surface area contributed by atoms with Gasteiger partial charge in [0, 0.05) is 24.7 Å². The van der Waals surface area contributed by atoms with Crippen molar-refractivity contribution in [3.63, 3.8) is 0 Å². The first kappa shape index (κ1) is 11.9. The Morgan fingerprint density at radius 1 is 1.12 bits per heavy atom. The van der Waals surface area contributed by atoms with Crippen molar-refractivity contribution in [3.05, 3.63) is 42.5 Å². The third-order valence-electron chi connectivity index (χ3n) is 3.17. The monoisotopic (exact) mass is 228 g/mol. The molecule has 90 valence electrons. The zero-order valence-corrected chi connectivity index (χ0v) is 10.6. The van der Waals surface area contributed by atoms with Gasteiger partial charge in [0.1, 0.15) is 0 Å². The van der Waals surface area contributed by atoms with Gasteiger partial charge in [-0.25, -0.2) is 0 Å². The number of rotatable bonds is 4. The molecule has 0 bridgehead atoms. The SMILES string of the molecule is CC(CN)CN(C)c1cccc2ccccc12. The van der Waals surface area contributed by atoms with Gasteiger partial charge in [0.25, 0.3) is 0 Å². The molecule has 2 aromatic rings. The summed E-state index contributed by atoms with van der Waals surface area (Å²) in [6.07, 6.45) is 0. The van der Waals surface area contributed by atoms with E-state index >= 15 is 0 Å². The van der Waals surface area contributed by atoms with Crippen LogP contribution in [0.1, 0.15) is 6.92 Å². The molecule has 2 N–H and O–H groups in total. The van der Waals surface area contributed by atoms with Crippen LogP contribution >= 0.6 is 0 Å². The summed E-state index contributed by atoms with van der Waals surface area (Å²) >= 11 is 0. The van der Waals surface area contributed by atoms with Crippen LogP contribution in [-0.2, 0) is 0 Å². The second-order valence-electron chi connectivity index (χ2n) is 4.72. The topological polar surface area (TPSA) is 29.3 Å². The molecule has 0 saturated carbocycles. The Kier molecular flexibility index (Phi) is 3.64. The average molecular weight is 228 g/mol. The van der Waals surface area contributed by atoms with Crippen molar-refractivity contribution in [2.24, 2.45) is 11.7 Å². The Labute approximate surface area is 103 Å². The number of nitrogens with two attached hydrogens (primary N) is 1. The first-order chi connectivity index (χ1) is 8.22. The van der Waals surface area contributed by atoms with E-state index in [1.54, 1.807) is 0 Å². The van der Waals surface area contributed by atoms with E-state index in [9.17, 15) is 0 Å². The van der Waals surface area contributed by atoms with Crippen molar-refractivity contribution >= 4 is 16.5 Å². The molecular formula is C15H20N2. The summed E-state index contributed by atoms with van der Waals surface area (Å²) in [6.45, 7) is 3.90. The zero-order chi connectivity index (χ0) is 12.3. The molecule has 0 amide bonds. The lowest BCUT2D eigenvalue weighted by atomic mass is 10.1. The van der Waals surface area contributed by atoms with Crippen molar-refractivity contribution in [2.45, 2.75) is 6.92 Å². The van der Waals surface area contributed by atoms with Crippen molar-refractivity contribution in [3.8, 4) is 0 Å². The van der Waals surface area contributed by atoms with Gasteiger partial charge in [-0.15, -0.1) is 0 Å². The van der Waals surface area contributed by atoms with Gasteiger partial charge in [0.2, 0.25) is 0 Å². The number of fused-ring (bicyclic) bond motifs is 1. The Balaban J connectivity index is 2.34. The molecule has 0 aliphatic heterocycles. The second kappa shape index (κ2) is 5.19. The molecule has 2 aromatic carbocycles. The molecule has 17 heavy (non-hydrogen) atoms. The summed E-state index contributed by atoms with van der Waals surface area (Å²) in [5.41, 5.74) is 6.97. The summed E-state index contributed by atoms with van der Waals surface area (Å²) in [5, 5.41) is 2.60. The molecule has 0 aliphatic rings. The quantitative estimate of drug-likeness (QED) is 0.872. The molecule has 0 radical (unpaired) electrons. The number of hydrogen-bond acceptors (Lipinski definition) is 2. The van der Waals surface area contributed by atoms with Crippen LogP contribution in [0.15, 0.2) is 42.5 Å². The van der Waals surface area contributed by atoms with Crippen LogP contribution in [-0.4, -0.2) is 20.1 Å². The molecule has 1 atom stereocenters. The van der Waals surface area contributed by atoms with Crippen LogP contribution in [0.4, 0.5) is 5.69 Å². The van der Waals surface area contributed by atoms with E-state index in [1.165, 1.54) is 16.5 Å². The summed E-state index contributed by atoms with van der Waals surface area (Å²) in [4.78, 5) is 2.29. The maximum atomic E-state index is 5.68. The fourth-order valence-corrected chi connectivity index (χ4v) is 2.18. The lowest BCUT2D eigenvalue weighted by Crippen LogP contribution is -2.28. The van der Waals surface area contributed by atoms with E-state index < -0.39 is 0 Å². The minimum absolute atomic E-state index is 0.513. The fraction of sp³-hybridized carbons (Fsp3) is 0.333. The number of nitrogens with zero attached hydrogens (tertiary/aromatic N) is 1. The third-order valence-corrected chi connectivity index (χ3v) is 3.17.